The first-order valence-electron chi connectivity index (χ1n) is 37.4. The number of rotatable bonds is 19. The largest absolute Gasteiger partial charge is 0.504 e. The molecule has 0 radical (unpaired) electrons. The maximum atomic E-state index is 14.2. The van der Waals surface area contributed by atoms with E-state index in [9.17, 15) is 49.5 Å². The molecule has 2 saturated heterocycles. The summed E-state index contributed by atoms with van der Waals surface area (Å²) in [4.78, 5) is 90.7. The SMILES string of the molecule is CC(C)(C)OC(=O)N[C@@H](CCCN=C(N)N)C(=O)O.COc1c(C)cc2c(c1O)[C@@H]1C3Cc4c(OC(C)=O)c(C)c5c(c4[C@H](CN)N3[C@@H](C#N)[C@H](C2)N1C)OCO5.COc1c(C)cc2c(c1O)[C@@H]1C3Cc4c(OC(C)=O)c(C)c5c(c4[C@H](CNC(=O)[C@H](CCCN=C(N)N)NC(=O)OC(C)(C)C)N3[C@@H](C#N)[C@H](C2)N1C)OCO5. The molecule has 4 aromatic rings. The average molecular weight is 1570 g/mol. The van der Waals surface area contributed by atoms with E-state index in [4.69, 9.17) is 81.1 Å². The number of carboxylic acid groups (broad SMARTS) is 1. The summed E-state index contributed by atoms with van der Waals surface area (Å²) in [6, 6.07) is 3.10. The van der Waals surface area contributed by atoms with Crippen molar-refractivity contribution in [3.05, 3.63) is 78.9 Å². The van der Waals surface area contributed by atoms with Crippen LogP contribution >= 0.6 is 0 Å². The van der Waals surface area contributed by atoms with Crippen molar-refractivity contribution in [2.45, 2.75) is 218 Å². The summed E-state index contributed by atoms with van der Waals surface area (Å²) in [7, 11) is 7.03. The number of hydrogen-bond donors (Lipinski definition) is 11. The molecule has 0 aliphatic carbocycles. The number of fused-ring (bicyclic) bond motifs is 18. The maximum absolute atomic E-state index is 14.2. The number of alkyl carbamates (subject to hydrolysis) is 2. The molecule has 4 bridgehead atoms. The van der Waals surface area contributed by atoms with Gasteiger partial charge in [-0.25, -0.2) is 14.4 Å². The lowest BCUT2D eigenvalue weighted by Gasteiger charge is -2.60. The van der Waals surface area contributed by atoms with Gasteiger partial charge in [0.1, 0.15) is 46.9 Å². The van der Waals surface area contributed by atoms with Crippen LogP contribution in [0.5, 0.6) is 57.5 Å². The third kappa shape index (κ3) is 17.2. The van der Waals surface area contributed by atoms with Gasteiger partial charge in [0.2, 0.25) is 19.5 Å². The Balaban J connectivity index is 0.000000204. The number of likely N-dealkylation sites (N-methyl/N-ethyl adjacent to an activating group) is 2. The quantitative estimate of drug-likeness (QED) is 0.0195. The number of phenolic OH excluding ortho intramolecular Hbond substituents is 2. The highest BCUT2D eigenvalue weighted by molar-refractivity contribution is 5.86. The lowest BCUT2D eigenvalue weighted by atomic mass is 9.71. The van der Waals surface area contributed by atoms with E-state index >= 15 is 0 Å². The van der Waals surface area contributed by atoms with Gasteiger partial charge in [-0.05, 0) is 157 Å². The number of nitrogens with one attached hydrogen (secondary N) is 3. The van der Waals surface area contributed by atoms with Crippen LogP contribution in [0, 0.1) is 50.4 Å². The lowest BCUT2D eigenvalue weighted by Crippen LogP contribution is -2.69. The molecule has 8 aliphatic rings. The second-order valence-electron chi connectivity index (χ2n) is 31.3. The van der Waals surface area contributed by atoms with Gasteiger partial charge in [0.15, 0.2) is 57.9 Å². The van der Waals surface area contributed by atoms with E-state index in [-0.39, 0.29) is 99.7 Å². The summed E-state index contributed by atoms with van der Waals surface area (Å²) in [5.41, 5.74) is 35.5. The molecular formula is C78H106N16O19. The Morgan fingerprint density at radius 3 is 1.35 bits per heavy atom. The van der Waals surface area contributed by atoms with Crippen LogP contribution in [0.25, 0.3) is 0 Å². The number of nitrogens with zero attached hydrogens (tertiary/aromatic N) is 8. The first-order valence-corrected chi connectivity index (χ1v) is 37.4. The molecule has 3 amide bonds. The molecule has 16 N–H and O–H groups in total. The number of carbonyl (C=O) groups excluding carboxylic acids is 5. The lowest BCUT2D eigenvalue weighted by molar-refractivity contribution is -0.139. The number of esters is 2. The van der Waals surface area contributed by atoms with Gasteiger partial charge in [-0.2, -0.15) is 10.5 Å². The fourth-order valence-corrected chi connectivity index (χ4v) is 17.4. The third-order valence-corrected chi connectivity index (χ3v) is 21.6. The molecule has 0 spiro atoms. The highest BCUT2D eigenvalue weighted by atomic mass is 16.7. The number of methoxy groups -OCH3 is 2. The number of phenols is 2. The maximum Gasteiger partial charge on any atom is 0.408 e. The number of aliphatic imine (C=N–C) groups is 2. The van der Waals surface area contributed by atoms with Crippen molar-refractivity contribution in [2.24, 2.45) is 38.7 Å². The van der Waals surface area contributed by atoms with E-state index in [2.05, 4.69) is 63.7 Å². The van der Waals surface area contributed by atoms with E-state index < -0.39 is 89.5 Å². The highest BCUT2D eigenvalue weighted by Gasteiger charge is 2.59. The number of amides is 3. The second-order valence-corrected chi connectivity index (χ2v) is 31.3. The van der Waals surface area contributed by atoms with Crippen molar-refractivity contribution in [3.63, 3.8) is 0 Å². The number of carbonyl (C=O) groups is 6. The number of nitrogens with two attached hydrogens (primary N) is 5. The van der Waals surface area contributed by atoms with Crippen molar-refractivity contribution in [1.29, 1.82) is 10.5 Å². The average Bonchev–Trinajstić information content (AvgIpc) is 1.48. The molecule has 0 saturated carbocycles. The predicted molar refractivity (Wildman–Crippen MR) is 411 cm³/mol. The number of nitriles is 2. The van der Waals surface area contributed by atoms with Crippen LogP contribution in [-0.4, -0.2) is 210 Å². The Bertz CT molecular complexity index is 4520. The monoisotopic (exact) mass is 1570 g/mol. The van der Waals surface area contributed by atoms with Gasteiger partial charge in [-0.1, -0.05) is 12.1 Å². The normalized spacial score (nSPS) is 22.4. The zero-order valence-electron chi connectivity index (χ0n) is 66.8. The van der Waals surface area contributed by atoms with Gasteiger partial charge in [-0.3, -0.25) is 44.0 Å². The van der Waals surface area contributed by atoms with Gasteiger partial charge >= 0.3 is 30.1 Å². The van der Waals surface area contributed by atoms with Crippen molar-refractivity contribution in [3.8, 4) is 69.6 Å². The van der Waals surface area contributed by atoms with Gasteiger partial charge in [0, 0.05) is 109 Å². The van der Waals surface area contributed by atoms with Gasteiger partial charge < -0.3 is 107 Å². The minimum absolute atomic E-state index is 0.0302. The molecule has 2 unspecified atom stereocenters. The number of ether oxygens (including phenoxy) is 10. The smallest absolute Gasteiger partial charge is 0.408 e. The second kappa shape index (κ2) is 34.2. The molecule has 8 aliphatic heterocycles. The van der Waals surface area contributed by atoms with Crippen LogP contribution in [-0.2, 0) is 54.3 Å². The van der Waals surface area contributed by atoms with Crippen molar-refractivity contribution < 1.29 is 91.5 Å². The number of aryl methyl sites for hydroxylation is 2. The van der Waals surface area contributed by atoms with Crippen LogP contribution in [0.4, 0.5) is 9.59 Å². The van der Waals surface area contributed by atoms with Gasteiger partial charge in [-0.15, -0.1) is 0 Å². The minimum atomic E-state index is -1.13. The molecule has 2 fully saturated rings. The van der Waals surface area contributed by atoms with E-state index in [0.717, 1.165) is 38.9 Å². The number of guanidine groups is 2. The fourth-order valence-electron chi connectivity index (χ4n) is 17.4. The predicted octanol–water partition coefficient (Wildman–Crippen LogP) is 4.93. The highest BCUT2D eigenvalue weighted by Crippen LogP contribution is 2.61. The Morgan fingerprint density at radius 2 is 0.982 bits per heavy atom. The summed E-state index contributed by atoms with van der Waals surface area (Å²) >= 11 is 0. The number of piperazine rings is 2. The molecule has 35 nitrogen and oxygen atoms in total. The van der Waals surface area contributed by atoms with E-state index in [1.807, 2.05) is 40.9 Å². The van der Waals surface area contributed by atoms with Crippen LogP contribution < -0.4 is 82.5 Å². The summed E-state index contributed by atoms with van der Waals surface area (Å²) in [6.45, 7) is 21.1. The van der Waals surface area contributed by atoms with E-state index in [1.54, 1.807) is 55.6 Å². The van der Waals surface area contributed by atoms with Crippen LogP contribution in [0.15, 0.2) is 22.1 Å². The number of aliphatic carboxylic acids is 1. The Kier molecular flexibility index (Phi) is 25.5. The minimum Gasteiger partial charge on any atom is -0.504 e. The fraction of sp³-hybridized carbons (Fsp3) is 0.564. The van der Waals surface area contributed by atoms with E-state index in [1.165, 1.54) is 21.0 Å². The van der Waals surface area contributed by atoms with Crippen LogP contribution in [0.1, 0.15) is 172 Å². The molecule has 12 rings (SSSR count). The van der Waals surface area contributed by atoms with Gasteiger partial charge in [0.25, 0.3) is 0 Å². The molecule has 12 atom stereocenters. The first-order chi connectivity index (χ1) is 53.3. The van der Waals surface area contributed by atoms with Crippen molar-refractivity contribution in [1.82, 2.24) is 35.6 Å². The molecule has 612 valence electrons. The van der Waals surface area contributed by atoms with Crippen LogP contribution in [0.2, 0.25) is 0 Å². The van der Waals surface area contributed by atoms with Gasteiger partial charge in [0.05, 0.1) is 50.5 Å². The summed E-state index contributed by atoms with van der Waals surface area (Å²) in [5, 5.41) is 61.8. The Hall–Kier alpha value is -11.0. The number of hydrogen-bond acceptors (Lipinski definition) is 27. The van der Waals surface area contributed by atoms with Crippen LogP contribution in [0.3, 0.4) is 0 Å². The number of benzene rings is 4. The first kappa shape index (κ1) is 84.5. The van der Waals surface area contributed by atoms with Crippen molar-refractivity contribution >= 4 is 47.9 Å². The number of carboxylic acids is 1. The third-order valence-electron chi connectivity index (χ3n) is 21.6. The topological polar surface area (TPSA) is 507 Å². The summed E-state index contributed by atoms with van der Waals surface area (Å²) in [6.07, 6.45) is 1.50. The molecule has 0 aromatic heterocycles. The zero-order chi connectivity index (χ0) is 82.9. The zero-order valence-corrected chi connectivity index (χ0v) is 66.8. The standard InChI is InChI=1S/C39H52N8O9.C28H32N4O6.C11H22N4O4/c1-18-12-21-13-24-26(15-40)47-25(30(46(24)7)28(21)31(49)32(18)52-8)14-22-29(35-34(53-17-54-35)19(2)33(22)55-20(3)48)27(47)16-44-36(50)23(10-9-11-43-37(41)42)45-38(51)56-39(4,5)6;1-12-6-15-7-17-19(9-29)32-18(23(31(17)4)21(15)24(34)25(12)35-5)8-16-22(20(32)10-30)28-27(36-11-37-28)13(2)26(16)38-14(3)33;1-11(2,3)19-10(18)15-7(8(16)17)5-4-6-14-9(12)13/h12,23-27,30,49H,9-11,13-14,16-17H2,1-8H3,(H,44,50)(H,45,51)(H4,41,42,43);6,17-20,23,34H,7-8,10-11,30H2,1-5H3;7H,4-6H2,1-3H3,(H,15,18)(H,16,17)(H4,12,13,14)/t23-,24-,25?,26-,27-,30-;17-,18?,19-,20-,23-;7-/m000/s1. The number of aromatic hydroxyl groups is 2. The molecule has 113 heavy (non-hydrogen) atoms. The van der Waals surface area contributed by atoms with Crippen molar-refractivity contribution in [2.75, 3.05) is 68.1 Å². The molecular weight excluding hydrogens is 1460 g/mol. The molecule has 4 aromatic carbocycles. The molecule has 8 heterocycles. The Labute approximate surface area is 656 Å². The Morgan fingerprint density at radius 1 is 0.593 bits per heavy atom. The summed E-state index contributed by atoms with van der Waals surface area (Å²) < 4.78 is 57.2. The van der Waals surface area contributed by atoms with E-state index in [0.29, 0.717) is 119 Å². The summed E-state index contributed by atoms with van der Waals surface area (Å²) in [5.74, 6) is 1.01. The molecule has 35 heteroatoms.